The van der Waals surface area contributed by atoms with E-state index in [4.69, 9.17) is 0 Å². The van der Waals surface area contributed by atoms with E-state index >= 15 is 0 Å². The van der Waals surface area contributed by atoms with Crippen molar-refractivity contribution < 1.29 is 4.79 Å². The lowest BCUT2D eigenvalue weighted by molar-refractivity contribution is -0.122. The number of benzene rings is 3. The molecule has 5 rings (SSSR count). The van der Waals surface area contributed by atoms with Crippen LogP contribution in [0, 0.1) is 5.92 Å². The number of anilines is 1. The first kappa shape index (κ1) is 15.2. The minimum Gasteiger partial charge on any atom is -0.289 e. The van der Waals surface area contributed by atoms with Crippen molar-refractivity contribution in [2.75, 3.05) is 12.1 Å². The molecule has 0 saturated heterocycles. The van der Waals surface area contributed by atoms with Crippen LogP contribution in [0.25, 0.3) is 11.1 Å². The van der Waals surface area contributed by atoms with Gasteiger partial charge in [0.1, 0.15) is 0 Å². The number of hydrogen-bond acceptors (Lipinski definition) is 2. The molecule has 3 aromatic carbocycles. The first-order chi connectivity index (χ1) is 12.7. The predicted molar refractivity (Wildman–Crippen MR) is 104 cm³/mol. The van der Waals surface area contributed by atoms with Gasteiger partial charge < -0.3 is 0 Å². The zero-order valence-corrected chi connectivity index (χ0v) is 14.6. The molecule has 1 amide bonds. The Bertz CT molecular complexity index is 950. The number of rotatable bonds is 3. The van der Waals surface area contributed by atoms with Gasteiger partial charge in [-0.3, -0.25) is 15.2 Å². The molecule has 1 N–H and O–H groups in total. The summed E-state index contributed by atoms with van der Waals surface area (Å²) in [5, 5.41) is 1.81. The molecule has 3 heteroatoms. The van der Waals surface area contributed by atoms with Crippen LogP contribution in [0.1, 0.15) is 17.5 Å². The van der Waals surface area contributed by atoms with Crippen LogP contribution in [0.15, 0.2) is 78.9 Å². The summed E-state index contributed by atoms with van der Waals surface area (Å²) < 4.78 is 0. The monoisotopic (exact) mass is 340 g/mol. The Morgan fingerprint density at radius 2 is 1.42 bits per heavy atom. The summed E-state index contributed by atoms with van der Waals surface area (Å²) in [4.78, 5) is 13.0. The number of fused-ring (bicyclic) bond motifs is 5. The van der Waals surface area contributed by atoms with Gasteiger partial charge in [-0.1, -0.05) is 66.7 Å². The lowest BCUT2D eigenvalue weighted by atomic mass is 9.90. The van der Waals surface area contributed by atoms with Crippen LogP contribution in [0.2, 0.25) is 0 Å². The van der Waals surface area contributed by atoms with Gasteiger partial charge >= 0.3 is 0 Å². The molecule has 1 spiro atoms. The van der Waals surface area contributed by atoms with Crippen LogP contribution in [0.4, 0.5) is 5.69 Å². The van der Waals surface area contributed by atoms with E-state index in [1.165, 1.54) is 22.3 Å². The number of nitrogens with zero attached hydrogens (tertiary/aromatic N) is 1. The molecule has 1 unspecified atom stereocenters. The van der Waals surface area contributed by atoms with Crippen molar-refractivity contribution in [2.45, 2.75) is 11.8 Å². The second-order valence-electron chi connectivity index (χ2n) is 7.19. The zero-order chi connectivity index (χ0) is 17.7. The van der Waals surface area contributed by atoms with Crippen molar-refractivity contribution in [2.24, 2.45) is 5.92 Å². The van der Waals surface area contributed by atoms with Gasteiger partial charge in [0.25, 0.3) is 0 Å². The van der Waals surface area contributed by atoms with E-state index in [0.717, 1.165) is 12.1 Å². The smallest absolute Gasteiger partial charge is 0.242 e. The first-order valence-corrected chi connectivity index (χ1v) is 9.00. The molecule has 2 aliphatic carbocycles. The quantitative estimate of drug-likeness (QED) is 0.727. The highest BCUT2D eigenvalue weighted by Crippen LogP contribution is 2.66. The second-order valence-corrected chi connectivity index (χ2v) is 7.19. The summed E-state index contributed by atoms with van der Waals surface area (Å²) in [7, 11) is 1.89. The topological polar surface area (TPSA) is 32.3 Å². The molecule has 1 fully saturated rings. The average molecular weight is 340 g/mol. The lowest BCUT2D eigenvalue weighted by Crippen LogP contribution is -2.41. The third-order valence-electron chi connectivity index (χ3n) is 5.80. The van der Waals surface area contributed by atoms with Crippen molar-refractivity contribution in [3.63, 3.8) is 0 Å². The van der Waals surface area contributed by atoms with E-state index < -0.39 is 0 Å². The van der Waals surface area contributed by atoms with Gasteiger partial charge in [0.05, 0.1) is 11.6 Å². The summed E-state index contributed by atoms with van der Waals surface area (Å²) in [6.45, 7) is 0. The van der Waals surface area contributed by atoms with Crippen molar-refractivity contribution >= 4 is 11.6 Å². The summed E-state index contributed by atoms with van der Waals surface area (Å²) >= 11 is 0. The minimum absolute atomic E-state index is 0.0292. The van der Waals surface area contributed by atoms with E-state index in [1.54, 1.807) is 5.01 Å². The second kappa shape index (κ2) is 5.46. The molecular weight excluding hydrogens is 320 g/mol. The number of carbonyl (C=O) groups is 1. The maximum atomic E-state index is 13.0. The van der Waals surface area contributed by atoms with Gasteiger partial charge in [0.2, 0.25) is 5.91 Å². The predicted octanol–water partition coefficient (Wildman–Crippen LogP) is 4.14. The standard InChI is InChI=1S/C23H20N2O/c1-25(16-9-3-2-4-10-16)24-22(26)21-15-23(21)19-13-7-5-11-17(19)18-12-6-8-14-20(18)23/h2-14,21H,15H2,1H3,(H,24,26). The fraction of sp³-hybridized carbons (Fsp3) is 0.174. The summed E-state index contributed by atoms with van der Waals surface area (Å²) in [5.41, 5.74) is 9.02. The highest BCUT2D eigenvalue weighted by atomic mass is 16.2. The molecule has 3 aromatic rings. The van der Waals surface area contributed by atoms with Gasteiger partial charge in [-0.2, -0.15) is 0 Å². The normalized spacial score (nSPS) is 18.1. The summed E-state index contributed by atoms with van der Waals surface area (Å²) in [5.74, 6) is 0.0568. The van der Waals surface area contributed by atoms with Gasteiger partial charge in [0, 0.05) is 12.5 Å². The van der Waals surface area contributed by atoms with Crippen LogP contribution in [-0.2, 0) is 10.2 Å². The zero-order valence-electron chi connectivity index (χ0n) is 14.6. The van der Waals surface area contributed by atoms with Crippen LogP contribution in [-0.4, -0.2) is 13.0 Å². The highest BCUT2D eigenvalue weighted by Gasteiger charge is 2.64. The van der Waals surface area contributed by atoms with E-state index in [2.05, 4.69) is 54.0 Å². The molecule has 0 aliphatic heterocycles. The Balaban J connectivity index is 1.46. The van der Waals surface area contributed by atoms with E-state index in [1.807, 2.05) is 37.4 Å². The maximum Gasteiger partial charge on any atom is 0.242 e. The largest absolute Gasteiger partial charge is 0.289 e. The van der Waals surface area contributed by atoms with E-state index in [-0.39, 0.29) is 17.2 Å². The molecule has 1 atom stereocenters. The molecule has 0 heterocycles. The Hall–Kier alpha value is -3.07. The van der Waals surface area contributed by atoms with Crippen molar-refractivity contribution in [1.29, 1.82) is 0 Å². The Labute approximate surface area is 153 Å². The number of para-hydroxylation sites is 1. The third kappa shape index (κ3) is 2.03. The van der Waals surface area contributed by atoms with E-state index in [0.29, 0.717) is 0 Å². The van der Waals surface area contributed by atoms with Crippen LogP contribution in [0.3, 0.4) is 0 Å². The number of hydrazine groups is 1. The van der Waals surface area contributed by atoms with Crippen LogP contribution < -0.4 is 10.4 Å². The third-order valence-corrected chi connectivity index (χ3v) is 5.80. The van der Waals surface area contributed by atoms with Crippen LogP contribution >= 0.6 is 0 Å². The molecule has 128 valence electrons. The fourth-order valence-electron chi connectivity index (χ4n) is 4.49. The lowest BCUT2D eigenvalue weighted by Gasteiger charge is -2.21. The number of carbonyl (C=O) groups excluding carboxylic acids is 1. The highest BCUT2D eigenvalue weighted by molar-refractivity contribution is 5.93. The van der Waals surface area contributed by atoms with Crippen molar-refractivity contribution in [3.8, 4) is 11.1 Å². The molecule has 3 nitrogen and oxygen atoms in total. The average Bonchev–Trinajstić information content (AvgIpc) is 3.39. The van der Waals surface area contributed by atoms with Gasteiger partial charge in [-0.25, -0.2) is 0 Å². The molecular formula is C23H20N2O. The fourth-order valence-corrected chi connectivity index (χ4v) is 4.49. The van der Waals surface area contributed by atoms with E-state index in [9.17, 15) is 4.79 Å². The number of hydrogen-bond donors (Lipinski definition) is 1. The van der Waals surface area contributed by atoms with Crippen molar-refractivity contribution in [3.05, 3.63) is 90.0 Å². The van der Waals surface area contributed by atoms with Gasteiger partial charge in [0.15, 0.2) is 0 Å². The number of nitrogens with one attached hydrogen (secondary N) is 1. The molecule has 0 radical (unpaired) electrons. The number of amides is 1. The Morgan fingerprint density at radius 1 is 0.885 bits per heavy atom. The maximum absolute atomic E-state index is 13.0. The Morgan fingerprint density at radius 3 is 2.04 bits per heavy atom. The molecule has 1 saturated carbocycles. The molecule has 0 aromatic heterocycles. The molecule has 26 heavy (non-hydrogen) atoms. The molecule has 2 aliphatic rings. The van der Waals surface area contributed by atoms with Crippen molar-refractivity contribution in [1.82, 2.24) is 5.43 Å². The van der Waals surface area contributed by atoms with Crippen LogP contribution in [0.5, 0.6) is 0 Å². The molecule has 0 bridgehead atoms. The first-order valence-electron chi connectivity index (χ1n) is 9.00. The van der Waals surface area contributed by atoms with Gasteiger partial charge in [-0.05, 0) is 40.8 Å². The van der Waals surface area contributed by atoms with Gasteiger partial charge in [-0.15, -0.1) is 0 Å². The minimum atomic E-state index is -0.158. The summed E-state index contributed by atoms with van der Waals surface area (Å²) in [6, 6.07) is 26.9. The SMILES string of the molecule is CN(NC(=O)C1CC12c1ccccc1-c1ccccc12)c1ccccc1. The Kier molecular flexibility index (Phi) is 3.20. The summed E-state index contributed by atoms with van der Waals surface area (Å²) in [6.07, 6.45) is 0.871.